The Kier molecular flexibility index (Phi) is 4.70. The molecule has 6 heteroatoms. The molecule has 25 heavy (non-hydrogen) atoms. The maximum absolute atomic E-state index is 12.4. The van der Waals surface area contributed by atoms with Gasteiger partial charge in [-0.15, -0.1) is 0 Å². The van der Waals surface area contributed by atoms with E-state index in [0.717, 1.165) is 10.9 Å². The van der Waals surface area contributed by atoms with Gasteiger partial charge in [-0.2, -0.15) is 5.10 Å². The quantitative estimate of drug-likeness (QED) is 0.575. The van der Waals surface area contributed by atoms with E-state index in [1.807, 2.05) is 48.0 Å². The predicted molar refractivity (Wildman–Crippen MR) is 97.5 cm³/mol. The van der Waals surface area contributed by atoms with Crippen molar-refractivity contribution in [3.8, 4) is 11.5 Å². The molecule has 2 aromatic carbocycles. The second kappa shape index (κ2) is 7.09. The van der Waals surface area contributed by atoms with Crippen molar-refractivity contribution in [2.24, 2.45) is 12.1 Å². The van der Waals surface area contributed by atoms with Crippen molar-refractivity contribution >= 4 is 23.0 Å². The van der Waals surface area contributed by atoms with Crippen LogP contribution in [-0.2, 0) is 7.05 Å². The number of fused-ring (bicyclic) bond motifs is 1. The smallest absolute Gasteiger partial charge is 0.273 e. The van der Waals surface area contributed by atoms with Crippen molar-refractivity contribution in [1.82, 2.24) is 9.99 Å². The van der Waals surface area contributed by atoms with Gasteiger partial charge in [0.25, 0.3) is 5.91 Å². The SMILES string of the molecule is COc1cccc(C=NNC(=O)c2cn(C)c3ccccc23)c1OC. The molecule has 0 bridgehead atoms. The summed E-state index contributed by atoms with van der Waals surface area (Å²) >= 11 is 0. The minimum absolute atomic E-state index is 0.269. The van der Waals surface area contributed by atoms with Crippen LogP contribution in [0.25, 0.3) is 10.9 Å². The Morgan fingerprint density at radius 2 is 1.92 bits per heavy atom. The van der Waals surface area contributed by atoms with Crippen molar-refractivity contribution in [3.05, 3.63) is 59.8 Å². The van der Waals surface area contributed by atoms with Crippen molar-refractivity contribution in [1.29, 1.82) is 0 Å². The zero-order valence-electron chi connectivity index (χ0n) is 14.3. The molecule has 0 atom stereocenters. The van der Waals surface area contributed by atoms with Gasteiger partial charge in [0.1, 0.15) is 0 Å². The van der Waals surface area contributed by atoms with Crippen molar-refractivity contribution in [3.63, 3.8) is 0 Å². The molecular formula is C19H19N3O3. The molecular weight excluding hydrogens is 318 g/mol. The van der Waals surface area contributed by atoms with Crippen LogP contribution in [0.15, 0.2) is 53.8 Å². The number of hydrogen-bond donors (Lipinski definition) is 1. The molecule has 0 radical (unpaired) electrons. The zero-order chi connectivity index (χ0) is 17.8. The predicted octanol–water partition coefficient (Wildman–Crippen LogP) is 2.96. The van der Waals surface area contributed by atoms with Gasteiger partial charge in [-0.05, 0) is 18.2 Å². The van der Waals surface area contributed by atoms with Gasteiger partial charge in [0.05, 0.1) is 26.0 Å². The highest BCUT2D eigenvalue weighted by molar-refractivity contribution is 6.07. The lowest BCUT2D eigenvalue weighted by molar-refractivity contribution is 0.0956. The Balaban J connectivity index is 1.82. The van der Waals surface area contributed by atoms with Gasteiger partial charge in [0.15, 0.2) is 11.5 Å². The van der Waals surface area contributed by atoms with Crippen LogP contribution in [0.4, 0.5) is 0 Å². The van der Waals surface area contributed by atoms with Gasteiger partial charge in [-0.3, -0.25) is 4.79 Å². The maximum Gasteiger partial charge on any atom is 0.273 e. The third-order valence-corrected chi connectivity index (χ3v) is 3.94. The van der Waals surface area contributed by atoms with Crippen molar-refractivity contribution in [2.45, 2.75) is 0 Å². The van der Waals surface area contributed by atoms with Crippen LogP contribution in [0.5, 0.6) is 11.5 Å². The number of aryl methyl sites for hydroxylation is 1. The lowest BCUT2D eigenvalue weighted by atomic mass is 10.2. The minimum Gasteiger partial charge on any atom is -0.493 e. The average molecular weight is 337 g/mol. The molecule has 3 rings (SSSR count). The maximum atomic E-state index is 12.4. The summed E-state index contributed by atoms with van der Waals surface area (Å²) in [6, 6.07) is 13.2. The molecule has 0 saturated carbocycles. The van der Waals surface area contributed by atoms with E-state index >= 15 is 0 Å². The summed E-state index contributed by atoms with van der Waals surface area (Å²) in [4.78, 5) is 12.4. The molecule has 1 heterocycles. The van der Waals surface area contributed by atoms with Crippen LogP contribution < -0.4 is 14.9 Å². The second-order valence-corrected chi connectivity index (χ2v) is 5.45. The van der Waals surface area contributed by atoms with E-state index in [2.05, 4.69) is 10.5 Å². The summed E-state index contributed by atoms with van der Waals surface area (Å²) < 4.78 is 12.5. The number of hydrazone groups is 1. The number of carbonyl (C=O) groups excluding carboxylic acids is 1. The first kappa shape index (κ1) is 16.6. The molecule has 0 unspecified atom stereocenters. The number of para-hydroxylation sites is 2. The standard InChI is InChI=1S/C19H19N3O3/c1-22-12-15(14-8-4-5-9-16(14)22)19(23)21-20-11-13-7-6-10-17(24-2)18(13)25-3/h4-12H,1-3H3,(H,21,23). The molecule has 0 aliphatic heterocycles. The second-order valence-electron chi connectivity index (χ2n) is 5.45. The zero-order valence-corrected chi connectivity index (χ0v) is 14.3. The van der Waals surface area contributed by atoms with Gasteiger partial charge in [-0.1, -0.05) is 24.3 Å². The number of carbonyl (C=O) groups is 1. The van der Waals surface area contributed by atoms with Crippen LogP contribution in [0.2, 0.25) is 0 Å². The van der Waals surface area contributed by atoms with E-state index < -0.39 is 0 Å². The van der Waals surface area contributed by atoms with E-state index in [1.165, 1.54) is 6.21 Å². The molecule has 0 saturated heterocycles. The van der Waals surface area contributed by atoms with Gasteiger partial charge in [0.2, 0.25) is 0 Å². The third kappa shape index (κ3) is 3.19. The number of ether oxygens (including phenoxy) is 2. The molecule has 0 spiro atoms. The molecule has 3 aromatic rings. The molecule has 1 amide bonds. The van der Waals surface area contributed by atoms with E-state index in [1.54, 1.807) is 26.5 Å². The Labute approximate surface area is 145 Å². The summed E-state index contributed by atoms with van der Waals surface area (Å²) in [7, 11) is 5.04. The van der Waals surface area contributed by atoms with E-state index in [9.17, 15) is 4.79 Å². The van der Waals surface area contributed by atoms with Gasteiger partial charge in [-0.25, -0.2) is 5.43 Å². The van der Waals surface area contributed by atoms with E-state index in [4.69, 9.17) is 9.47 Å². The van der Waals surface area contributed by atoms with E-state index in [-0.39, 0.29) is 5.91 Å². The first-order valence-electron chi connectivity index (χ1n) is 7.74. The highest BCUT2D eigenvalue weighted by Crippen LogP contribution is 2.29. The number of benzene rings is 2. The minimum atomic E-state index is -0.269. The summed E-state index contributed by atoms with van der Waals surface area (Å²) in [5.74, 6) is 0.898. The van der Waals surface area contributed by atoms with Gasteiger partial charge >= 0.3 is 0 Å². The van der Waals surface area contributed by atoms with Crippen LogP contribution >= 0.6 is 0 Å². The molecule has 0 aliphatic rings. The fraction of sp³-hybridized carbons (Fsp3) is 0.158. The number of methoxy groups -OCH3 is 2. The fourth-order valence-electron chi connectivity index (χ4n) is 2.76. The normalized spacial score (nSPS) is 11.0. The monoisotopic (exact) mass is 337 g/mol. The highest BCUT2D eigenvalue weighted by Gasteiger charge is 2.13. The number of hydrogen-bond acceptors (Lipinski definition) is 4. The molecule has 1 aromatic heterocycles. The molecule has 128 valence electrons. The van der Waals surface area contributed by atoms with Gasteiger partial charge in [0, 0.05) is 29.7 Å². The summed E-state index contributed by atoms with van der Waals surface area (Å²) in [6.45, 7) is 0. The van der Waals surface area contributed by atoms with Gasteiger partial charge < -0.3 is 14.0 Å². The van der Waals surface area contributed by atoms with Crippen LogP contribution in [-0.4, -0.2) is 30.9 Å². The van der Waals surface area contributed by atoms with Crippen LogP contribution in [0, 0.1) is 0 Å². The van der Waals surface area contributed by atoms with E-state index in [0.29, 0.717) is 22.6 Å². The first-order valence-corrected chi connectivity index (χ1v) is 7.74. The third-order valence-electron chi connectivity index (χ3n) is 3.94. The molecule has 0 fully saturated rings. The molecule has 6 nitrogen and oxygen atoms in total. The van der Waals surface area contributed by atoms with Crippen molar-refractivity contribution in [2.75, 3.05) is 14.2 Å². The number of nitrogens with zero attached hydrogens (tertiary/aromatic N) is 2. The number of amides is 1. The fourth-order valence-corrected chi connectivity index (χ4v) is 2.76. The lowest BCUT2D eigenvalue weighted by Crippen LogP contribution is -2.17. The number of nitrogens with one attached hydrogen (secondary N) is 1. The van der Waals surface area contributed by atoms with Crippen LogP contribution in [0.1, 0.15) is 15.9 Å². The largest absolute Gasteiger partial charge is 0.493 e. The number of rotatable bonds is 5. The topological polar surface area (TPSA) is 64.8 Å². The Bertz CT molecular complexity index is 944. The lowest BCUT2D eigenvalue weighted by Gasteiger charge is -2.09. The van der Waals surface area contributed by atoms with Crippen molar-refractivity contribution < 1.29 is 14.3 Å². The average Bonchev–Trinajstić information content (AvgIpc) is 2.98. The summed E-state index contributed by atoms with van der Waals surface area (Å²) in [5.41, 5.74) is 4.84. The molecule has 0 aliphatic carbocycles. The number of aromatic nitrogens is 1. The van der Waals surface area contributed by atoms with Crippen LogP contribution in [0.3, 0.4) is 0 Å². The Morgan fingerprint density at radius 1 is 1.12 bits per heavy atom. The first-order chi connectivity index (χ1) is 12.2. The Morgan fingerprint density at radius 3 is 2.68 bits per heavy atom. The summed E-state index contributed by atoms with van der Waals surface area (Å²) in [5, 5.41) is 4.93. The molecule has 1 N–H and O–H groups in total. The highest BCUT2D eigenvalue weighted by atomic mass is 16.5. The Hall–Kier alpha value is -3.28. The summed E-state index contributed by atoms with van der Waals surface area (Å²) in [6.07, 6.45) is 3.33.